The van der Waals surface area contributed by atoms with Crippen LogP contribution in [0, 0.1) is 6.92 Å². The van der Waals surface area contributed by atoms with Gasteiger partial charge in [-0.3, -0.25) is 4.79 Å². The van der Waals surface area contributed by atoms with Crippen LogP contribution in [0.15, 0.2) is 11.4 Å². The van der Waals surface area contributed by atoms with Crippen molar-refractivity contribution in [1.29, 1.82) is 0 Å². The summed E-state index contributed by atoms with van der Waals surface area (Å²) in [6.07, 6.45) is 0.540. The van der Waals surface area contributed by atoms with Crippen LogP contribution in [0.4, 0.5) is 5.13 Å². The zero-order valence-corrected chi connectivity index (χ0v) is 14.5. The van der Waals surface area contributed by atoms with Crippen LogP contribution in [-0.4, -0.2) is 52.5 Å². The lowest BCUT2D eigenvalue weighted by molar-refractivity contribution is -0.145. The average molecular weight is 350 g/mol. The van der Waals surface area contributed by atoms with Crippen LogP contribution in [0.3, 0.4) is 0 Å². The third-order valence-electron chi connectivity index (χ3n) is 4.25. The molecule has 0 aromatic carbocycles. The molecule has 1 amide bonds. The van der Waals surface area contributed by atoms with E-state index in [2.05, 4.69) is 25.7 Å². The number of anilines is 1. The van der Waals surface area contributed by atoms with Crippen LogP contribution >= 0.6 is 22.9 Å². The van der Waals surface area contributed by atoms with E-state index in [0.29, 0.717) is 19.7 Å². The summed E-state index contributed by atoms with van der Waals surface area (Å²) in [5.41, 5.74) is 1.28. The Morgan fingerprint density at radius 1 is 1.43 bits per heavy atom. The highest BCUT2D eigenvalue weighted by Gasteiger charge is 2.33. The van der Waals surface area contributed by atoms with Crippen molar-refractivity contribution in [3.63, 3.8) is 0 Å². The summed E-state index contributed by atoms with van der Waals surface area (Å²) in [6.45, 7) is 5.23. The lowest BCUT2D eigenvalue weighted by Crippen LogP contribution is -2.52. The van der Waals surface area contributed by atoms with Crippen LogP contribution < -0.4 is 4.90 Å². The lowest BCUT2D eigenvalue weighted by atomic mass is 10.1. The number of rotatable bonds is 2. The van der Waals surface area contributed by atoms with Gasteiger partial charge in [-0.05, 0) is 30.4 Å². The summed E-state index contributed by atoms with van der Waals surface area (Å²) in [6, 6.07) is 2.12. The summed E-state index contributed by atoms with van der Waals surface area (Å²) in [5, 5.41) is 2.98. The Labute approximate surface area is 142 Å². The molecule has 8 heteroatoms. The van der Waals surface area contributed by atoms with Gasteiger partial charge < -0.3 is 14.5 Å². The van der Waals surface area contributed by atoms with Gasteiger partial charge in [0.15, 0.2) is 6.10 Å². The van der Waals surface area contributed by atoms with Crippen molar-refractivity contribution in [2.75, 3.05) is 31.1 Å². The number of carbonyl (C=O) groups excluding carboxylic acids is 1. The fraction of sp³-hybridized carbons (Fsp3) is 0.533. The Balaban J connectivity index is 1.44. The number of hydrogen-bond donors (Lipinski definition) is 0. The minimum absolute atomic E-state index is 0.0905. The minimum Gasteiger partial charge on any atom is -0.365 e. The zero-order chi connectivity index (χ0) is 15.8. The fourth-order valence-electron chi connectivity index (χ4n) is 3.03. The van der Waals surface area contributed by atoms with Gasteiger partial charge in [0.25, 0.3) is 5.91 Å². The highest BCUT2D eigenvalue weighted by Crippen LogP contribution is 2.26. The van der Waals surface area contributed by atoms with Crippen molar-refractivity contribution in [2.24, 2.45) is 0 Å². The lowest BCUT2D eigenvalue weighted by Gasteiger charge is -2.35. The zero-order valence-electron chi connectivity index (χ0n) is 12.9. The summed E-state index contributed by atoms with van der Waals surface area (Å²) in [7, 11) is 0. The van der Waals surface area contributed by atoms with Crippen molar-refractivity contribution in [1.82, 2.24) is 14.3 Å². The Bertz CT molecular complexity index is 714. The van der Waals surface area contributed by atoms with E-state index in [-0.39, 0.29) is 5.91 Å². The van der Waals surface area contributed by atoms with E-state index in [1.165, 1.54) is 22.0 Å². The summed E-state index contributed by atoms with van der Waals surface area (Å²) in [5.74, 6) is 0.869. The van der Waals surface area contributed by atoms with Crippen molar-refractivity contribution in [2.45, 2.75) is 26.0 Å². The van der Waals surface area contributed by atoms with Crippen LogP contribution in [0.2, 0.25) is 0 Å². The highest BCUT2D eigenvalue weighted by atomic mass is 32.1. The van der Waals surface area contributed by atoms with Gasteiger partial charge in [0.2, 0.25) is 5.13 Å². The first-order valence-corrected chi connectivity index (χ1v) is 9.37. The van der Waals surface area contributed by atoms with Crippen LogP contribution in [0.5, 0.6) is 0 Å². The second-order valence-corrected chi connectivity index (χ2v) is 7.54. The number of fused-ring (bicyclic) bond motifs is 1. The first kappa shape index (κ1) is 15.0. The minimum atomic E-state index is -0.409. The first-order chi connectivity index (χ1) is 11.2. The van der Waals surface area contributed by atoms with E-state index in [1.54, 1.807) is 11.3 Å². The monoisotopic (exact) mass is 350 g/mol. The van der Waals surface area contributed by atoms with Gasteiger partial charge in [-0.25, -0.2) is 4.98 Å². The maximum atomic E-state index is 12.8. The Morgan fingerprint density at radius 3 is 3.17 bits per heavy atom. The van der Waals surface area contributed by atoms with Gasteiger partial charge in [0.05, 0.1) is 13.2 Å². The number of carbonyl (C=O) groups is 1. The van der Waals surface area contributed by atoms with E-state index in [1.807, 2.05) is 11.8 Å². The molecule has 1 atom stereocenters. The maximum absolute atomic E-state index is 12.8. The highest BCUT2D eigenvalue weighted by molar-refractivity contribution is 7.10. The molecule has 1 unspecified atom stereocenters. The molecule has 122 valence electrons. The van der Waals surface area contributed by atoms with Gasteiger partial charge in [0, 0.05) is 36.0 Å². The van der Waals surface area contributed by atoms with Crippen LogP contribution in [0.25, 0.3) is 0 Å². The Kier molecular flexibility index (Phi) is 4.04. The van der Waals surface area contributed by atoms with Crippen molar-refractivity contribution in [3.05, 3.63) is 27.7 Å². The number of aryl methyl sites for hydroxylation is 1. The van der Waals surface area contributed by atoms with E-state index in [0.717, 1.165) is 30.5 Å². The molecule has 1 saturated heterocycles. The fourth-order valence-corrected chi connectivity index (χ4v) is 4.63. The van der Waals surface area contributed by atoms with Crippen molar-refractivity contribution >= 4 is 33.9 Å². The normalized spacial score (nSPS) is 21.3. The molecule has 23 heavy (non-hydrogen) atoms. The van der Waals surface area contributed by atoms with Gasteiger partial charge >= 0.3 is 0 Å². The third-order valence-corrected chi connectivity index (χ3v) is 6.14. The average Bonchev–Trinajstić information content (AvgIpc) is 3.22. The van der Waals surface area contributed by atoms with Gasteiger partial charge in [-0.15, -0.1) is 11.3 Å². The molecule has 6 nitrogen and oxygen atoms in total. The molecule has 0 N–H and O–H groups in total. The van der Waals surface area contributed by atoms with Gasteiger partial charge in [-0.2, -0.15) is 4.37 Å². The SMILES string of the molecule is Cc1nsc(N2CCOC(C(=O)N3CCc4sccc4C3)C2)n1. The molecule has 0 saturated carbocycles. The largest absolute Gasteiger partial charge is 0.365 e. The molecule has 4 rings (SSSR count). The summed E-state index contributed by atoms with van der Waals surface area (Å²) in [4.78, 5) is 22.7. The molecule has 0 bridgehead atoms. The Morgan fingerprint density at radius 2 is 2.35 bits per heavy atom. The molecule has 2 aliphatic heterocycles. The number of amides is 1. The Hall–Kier alpha value is -1.51. The number of hydrogen-bond acceptors (Lipinski definition) is 7. The molecular weight excluding hydrogens is 332 g/mol. The smallest absolute Gasteiger partial charge is 0.253 e. The van der Waals surface area contributed by atoms with E-state index >= 15 is 0 Å². The van der Waals surface area contributed by atoms with E-state index in [4.69, 9.17) is 4.74 Å². The molecule has 1 fully saturated rings. The third kappa shape index (κ3) is 2.98. The maximum Gasteiger partial charge on any atom is 0.253 e. The second-order valence-electron chi connectivity index (χ2n) is 5.81. The first-order valence-electron chi connectivity index (χ1n) is 7.71. The van der Waals surface area contributed by atoms with Gasteiger partial charge in [-0.1, -0.05) is 0 Å². The molecule has 2 aliphatic rings. The quantitative estimate of drug-likeness (QED) is 0.825. The number of ether oxygens (including phenoxy) is 1. The number of morpholine rings is 1. The van der Waals surface area contributed by atoms with Gasteiger partial charge in [0.1, 0.15) is 5.82 Å². The summed E-state index contributed by atoms with van der Waals surface area (Å²) >= 11 is 3.17. The van der Waals surface area contributed by atoms with Crippen LogP contribution in [-0.2, 0) is 22.5 Å². The molecule has 4 heterocycles. The van der Waals surface area contributed by atoms with Crippen molar-refractivity contribution in [3.8, 4) is 0 Å². The van der Waals surface area contributed by atoms with Crippen molar-refractivity contribution < 1.29 is 9.53 Å². The van der Waals surface area contributed by atoms with E-state index < -0.39 is 6.10 Å². The molecule has 0 spiro atoms. The predicted molar refractivity (Wildman–Crippen MR) is 90.0 cm³/mol. The second kappa shape index (κ2) is 6.18. The summed E-state index contributed by atoms with van der Waals surface area (Å²) < 4.78 is 9.97. The molecule has 2 aromatic heterocycles. The molecule has 2 aromatic rings. The standard InChI is InChI=1S/C15H18N4O2S2/c1-10-16-15(23-17-10)19-5-6-21-12(9-19)14(20)18-4-2-13-11(8-18)3-7-22-13/h3,7,12H,2,4-6,8-9H2,1H3. The topological polar surface area (TPSA) is 58.6 Å². The number of aromatic nitrogens is 2. The molecular formula is C15H18N4O2S2. The predicted octanol–water partition coefficient (Wildman–Crippen LogP) is 1.70. The molecule has 0 radical (unpaired) electrons. The molecule has 0 aliphatic carbocycles. The number of thiophene rings is 1. The van der Waals surface area contributed by atoms with E-state index in [9.17, 15) is 4.79 Å². The van der Waals surface area contributed by atoms with Crippen LogP contribution in [0.1, 0.15) is 16.3 Å². The number of nitrogens with zero attached hydrogens (tertiary/aromatic N) is 4.